The zero-order valence-electron chi connectivity index (χ0n) is 12.3. The Morgan fingerprint density at radius 3 is 2.83 bits per heavy atom. The average molecular weight is 429 g/mol. The molecule has 9 heteroatoms. The molecule has 24 heavy (non-hydrogen) atoms. The third kappa shape index (κ3) is 3.52. The molecule has 3 heterocycles. The summed E-state index contributed by atoms with van der Waals surface area (Å²) in [5.41, 5.74) is 1.40. The number of nitrogens with zero attached hydrogens (tertiary/aromatic N) is 1. The van der Waals surface area contributed by atoms with E-state index in [1.165, 1.54) is 6.07 Å². The Kier molecular flexibility index (Phi) is 4.75. The van der Waals surface area contributed by atoms with Crippen molar-refractivity contribution in [1.29, 1.82) is 0 Å². The fourth-order valence-electron chi connectivity index (χ4n) is 2.48. The van der Waals surface area contributed by atoms with Gasteiger partial charge in [-0.2, -0.15) is 0 Å². The summed E-state index contributed by atoms with van der Waals surface area (Å²) in [5.74, 6) is -2.61. The zero-order chi connectivity index (χ0) is 17.3. The number of hydrogen-bond acceptors (Lipinski definition) is 5. The summed E-state index contributed by atoms with van der Waals surface area (Å²) in [4.78, 5) is 18.7. The Morgan fingerprint density at radius 1 is 1.38 bits per heavy atom. The molecule has 0 aliphatic rings. The van der Waals surface area contributed by atoms with Crippen molar-refractivity contribution in [2.45, 2.75) is 10.6 Å². The highest BCUT2D eigenvalue weighted by atomic mass is 79.9. The second kappa shape index (κ2) is 6.66. The van der Waals surface area contributed by atoms with Crippen molar-refractivity contribution in [3.8, 4) is 0 Å². The van der Waals surface area contributed by atoms with E-state index in [2.05, 4.69) is 25.9 Å². The molecule has 3 rings (SSSR count). The number of aromatic amines is 1. The van der Waals surface area contributed by atoms with Crippen molar-refractivity contribution in [2.24, 2.45) is 5.92 Å². The summed E-state index contributed by atoms with van der Waals surface area (Å²) in [7, 11) is -3.66. The molecule has 0 radical (unpaired) electrons. The van der Waals surface area contributed by atoms with Crippen molar-refractivity contribution in [3.05, 3.63) is 46.0 Å². The van der Waals surface area contributed by atoms with Crippen LogP contribution in [0, 0.1) is 5.92 Å². The van der Waals surface area contributed by atoms with E-state index in [1.54, 1.807) is 24.5 Å². The maximum atomic E-state index is 12.5. The number of carbonyl (C=O) groups is 1. The van der Waals surface area contributed by atoms with Gasteiger partial charge in [0.25, 0.3) is 0 Å². The van der Waals surface area contributed by atoms with Crippen LogP contribution in [0.25, 0.3) is 11.0 Å². The molecule has 0 amide bonds. The number of hydrogen-bond donors (Lipinski definition) is 2. The van der Waals surface area contributed by atoms with Gasteiger partial charge in [0.2, 0.25) is 0 Å². The molecule has 0 aromatic carbocycles. The van der Waals surface area contributed by atoms with Gasteiger partial charge >= 0.3 is 5.97 Å². The maximum absolute atomic E-state index is 12.5. The number of pyridine rings is 1. The number of carboxylic acids is 1. The first-order valence-corrected chi connectivity index (χ1v) is 10.2. The fourth-order valence-corrected chi connectivity index (χ4v) is 6.13. The van der Waals surface area contributed by atoms with E-state index in [0.717, 1.165) is 22.3 Å². The molecule has 0 fully saturated rings. The highest BCUT2D eigenvalue weighted by molar-refractivity contribution is 9.11. The van der Waals surface area contributed by atoms with Crippen molar-refractivity contribution in [1.82, 2.24) is 9.97 Å². The first-order valence-electron chi connectivity index (χ1n) is 6.99. The average Bonchev–Trinajstić information content (AvgIpc) is 3.14. The van der Waals surface area contributed by atoms with Gasteiger partial charge < -0.3 is 10.1 Å². The topological polar surface area (TPSA) is 100 Å². The van der Waals surface area contributed by atoms with Crippen molar-refractivity contribution in [2.75, 3.05) is 5.75 Å². The van der Waals surface area contributed by atoms with Crippen LogP contribution in [0.4, 0.5) is 0 Å². The monoisotopic (exact) mass is 428 g/mol. The number of nitrogens with one attached hydrogen (secondary N) is 1. The second-order valence-corrected chi connectivity index (χ2v) is 10.0. The van der Waals surface area contributed by atoms with Gasteiger partial charge in [0.1, 0.15) is 9.86 Å². The van der Waals surface area contributed by atoms with Gasteiger partial charge in [0, 0.05) is 17.8 Å². The standard InChI is InChI=1S/C15H13BrN2O4S2/c16-12-3-4-13(23-12)24(21,22)8-10(15(19)20)6-9-7-18-14-11(9)2-1-5-17-14/h1-5,7,10H,6,8H2,(H,17,18)(H,19,20)/t10-/m0/s1. The summed E-state index contributed by atoms with van der Waals surface area (Å²) in [5, 5.41) is 10.3. The smallest absolute Gasteiger partial charge is 0.307 e. The van der Waals surface area contributed by atoms with Crippen LogP contribution in [0.15, 0.2) is 44.7 Å². The van der Waals surface area contributed by atoms with E-state index < -0.39 is 27.5 Å². The van der Waals surface area contributed by atoms with Crippen molar-refractivity contribution >= 4 is 54.1 Å². The van der Waals surface area contributed by atoms with Gasteiger partial charge in [-0.05, 0) is 52.2 Å². The Labute approximate surface area is 150 Å². The van der Waals surface area contributed by atoms with E-state index in [0.29, 0.717) is 9.43 Å². The number of halogens is 1. The molecular weight excluding hydrogens is 416 g/mol. The van der Waals surface area contributed by atoms with E-state index >= 15 is 0 Å². The largest absolute Gasteiger partial charge is 0.481 e. The van der Waals surface area contributed by atoms with Gasteiger partial charge in [-0.1, -0.05) is 0 Å². The highest BCUT2D eigenvalue weighted by Gasteiger charge is 2.28. The molecule has 0 spiro atoms. The number of aromatic nitrogens is 2. The quantitative estimate of drug-likeness (QED) is 0.627. The van der Waals surface area contributed by atoms with Gasteiger partial charge in [0.05, 0.1) is 15.5 Å². The molecule has 1 atom stereocenters. The maximum Gasteiger partial charge on any atom is 0.307 e. The molecule has 0 unspecified atom stereocenters. The number of thiophene rings is 1. The lowest BCUT2D eigenvalue weighted by molar-refractivity contribution is -0.140. The number of rotatable bonds is 6. The molecule has 6 nitrogen and oxygen atoms in total. The molecule has 0 saturated carbocycles. The predicted molar refractivity (Wildman–Crippen MR) is 95.0 cm³/mol. The zero-order valence-corrected chi connectivity index (χ0v) is 15.5. The molecular formula is C15H13BrN2O4S2. The molecule has 0 aliphatic heterocycles. The Bertz CT molecular complexity index is 994. The number of aliphatic carboxylic acids is 1. The SMILES string of the molecule is O=C(O)[C@@H](Cc1c[nH]c2ncccc12)CS(=O)(=O)c1ccc(Br)s1. The van der Waals surface area contributed by atoms with Crippen LogP contribution in [-0.2, 0) is 21.1 Å². The molecule has 3 aromatic rings. The first kappa shape index (κ1) is 17.1. The fraction of sp³-hybridized carbons (Fsp3) is 0.200. The van der Waals surface area contributed by atoms with E-state index in [4.69, 9.17) is 0 Å². The Morgan fingerprint density at radius 2 is 2.17 bits per heavy atom. The number of sulfone groups is 1. The van der Waals surface area contributed by atoms with Crippen molar-refractivity contribution < 1.29 is 18.3 Å². The third-order valence-electron chi connectivity index (χ3n) is 3.63. The second-order valence-electron chi connectivity index (χ2n) is 5.29. The number of fused-ring (bicyclic) bond motifs is 1. The van der Waals surface area contributed by atoms with E-state index in [1.807, 2.05) is 6.07 Å². The van der Waals surface area contributed by atoms with Crippen LogP contribution in [-0.4, -0.2) is 35.2 Å². The molecule has 0 aliphatic carbocycles. The number of carboxylic acid groups (broad SMARTS) is 1. The Hall–Kier alpha value is -1.71. The minimum Gasteiger partial charge on any atom is -0.481 e. The molecule has 0 saturated heterocycles. The summed E-state index contributed by atoms with van der Waals surface area (Å²) in [6.45, 7) is 0. The normalized spacial score (nSPS) is 13.2. The van der Waals surface area contributed by atoms with E-state index in [-0.39, 0.29) is 10.6 Å². The molecule has 0 bridgehead atoms. The molecule has 2 N–H and O–H groups in total. The van der Waals surface area contributed by atoms with Crippen LogP contribution in [0.1, 0.15) is 5.56 Å². The summed E-state index contributed by atoms with van der Waals surface area (Å²) in [6, 6.07) is 6.71. The summed E-state index contributed by atoms with van der Waals surface area (Å²) < 4.78 is 25.8. The lowest BCUT2D eigenvalue weighted by Crippen LogP contribution is -2.25. The van der Waals surface area contributed by atoms with Gasteiger partial charge in [0.15, 0.2) is 9.84 Å². The summed E-state index contributed by atoms with van der Waals surface area (Å²) >= 11 is 4.30. The lowest BCUT2D eigenvalue weighted by atomic mass is 10.0. The van der Waals surface area contributed by atoms with Crippen LogP contribution >= 0.6 is 27.3 Å². The lowest BCUT2D eigenvalue weighted by Gasteiger charge is -2.11. The minimum atomic E-state index is -3.66. The summed E-state index contributed by atoms with van der Waals surface area (Å²) in [6.07, 6.45) is 3.44. The van der Waals surface area contributed by atoms with Crippen LogP contribution in [0.2, 0.25) is 0 Å². The molecule has 126 valence electrons. The van der Waals surface area contributed by atoms with Gasteiger partial charge in [-0.3, -0.25) is 4.79 Å². The molecule has 3 aromatic heterocycles. The van der Waals surface area contributed by atoms with Crippen LogP contribution < -0.4 is 0 Å². The Balaban J connectivity index is 1.87. The first-order chi connectivity index (χ1) is 11.4. The minimum absolute atomic E-state index is 0.118. The van der Waals surface area contributed by atoms with Gasteiger partial charge in [-0.15, -0.1) is 11.3 Å². The highest BCUT2D eigenvalue weighted by Crippen LogP contribution is 2.29. The third-order valence-corrected chi connectivity index (χ3v) is 7.65. The van der Waals surface area contributed by atoms with Crippen molar-refractivity contribution in [3.63, 3.8) is 0 Å². The van der Waals surface area contributed by atoms with E-state index in [9.17, 15) is 18.3 Å². The van der Waals surface area contributed by atoms with Crippen LogP contribution in [0.3, 0.4) is 0 Å². The van der Waals surface area contributed by atoms with Crippen LogP contribution in [0.5, 0.6) is 0 Å². The number of H-pyrrole nitrogens is 1. The predicted octanol–water partition coefficient (Wildman–Crippen LogP) is 3.10. The van der Waals surface area contributed by atoms with Gasteiger partial charge in [-0.25, -0.2) is 13.4 Å².